The van der Waals surface area contributed by atoms with Gasteiger partial charge in [-0.1, -0.05) is 12.1 Å². The van der Waals surface area contributed by atoms with Gasteiger partial charge >= 0.3 is 0 Å². The highest BCUT2D eigenvalue weighted by Gasteiger charge is 2.04. The monoisotopic (exact) mass is 177 g/mol. The minimum Gasteiger partial charge on any atom is -0.508 e. The Balaban J connectivity index is 2.80. The van der Waals surface area contributed by atoms with E-state index < -0.39 is 0 Å². The molecule has 1 N–H and O–H groups in total. The summed E-state index contributed by atoms with van der Waals surface area (Å²) >= 11 is 0. The second-order valence-electron chi connectivity index (χ2n) is 4.02. The summed E-state index contributed by atoms with van der Waals surface area (Å²) in [6.07, 6.45) is 1.78. The molecular formula is C11H15NO. The van der Waals surface area contributed by atoms with Crippen molar-refractivity contribution in [3.8, 4) is 5.75 Å². The zero-order chi connectivity index (χ0) is 9.90. The average Bonchev–Trinajstić information content (AvgIpc) is 2.00. The molecule has 1 rings (SSSR count). The van der Waals surface area contributed by atoms with Crippen LogP contribution in [0.15, 0.2) is 29.3 Å². The highest BCUT2D eigenvalue weighted by molar-refractivity contribution is 5.80. The van der Waals surface area contributed by atoms with Crippen molar-refractivity contribution in [3.63, 3.8) is 0 Å². The quantitative estimate of drug-likeness (QED) is 0.657. The number of aromatic hydroxyl groups is 1. The lowest BCUT2D eigenvalue weighted by molar-refractivity contribution is 0.475. The van der Waals surface area contributed by atoms with Crippen LogP contribution < -0.4 is 0 Å². The van der Waals surface area contributed by atoms with Gasteiger partial charge in [-0.05, 0) is 38.5 Å². The molecular weight excluding hydrogens is 162 g/mol. The predicted octanol–water partition coefficient (Wildman–Crippen LogP) is 2.61. The van der Waals surface area contributed by atoms with E-state index in [1.165, 1.54) is 0 Å². The molecule has 0 unspecified atom stereocenters. The molecule has 0 bridgehead atoms. The summed E-state index contributed by atoms with van der Waals surface area (Å²) < 4.78 is 0. The zero-order valence-electron chi connectivity index (χ0n) is 8.28. The minimum absolute atomic E-state index is 0.0640. The maximum Gasteiger partial charge on any atom is 0.116 e. The number of aliphatic imine (C=N–C) groups is 1. The molecule has 0 heterocycles. The van der Waals surface area contributed by atoms with Gasteiger partial charge in [-0.25, -0.2) is 0 Å². The number of phenols is 1. The van der Waals surface area contributed by atoms with Crippen LogP contribution in [0.4, 0.5) is 0 Å². The van der Waals surface area contributed by atoms with Gasteiger partial charge in [0, 0.05) is 6.21 Å². The van der Waals surface area contributed by atoms with Crippen LogP contribution in [-0.2, 0) is 0 Å². The van der Waals surface area contributed by atoms with E-state index >= 15 is 0 Å². The summed E-state index contributed by atoms with van der Waals surface area (Å²) in [4.78, 5) is 4.33. The maximum atomic E-state index is 9.18. The van der Waals surface area contributed by atoms with Gasteiger partial charge in [0.05, 0.1) is 5.54 Å². The van der Waals surface area contributed by atoms with Crippen molar-refractivity contribution in [2.75, 3.05) is 0 Å². The molecule has 0 radical (unpaired) electrons. The summed E-state index contributed by atoms with van der Waals surface area (Å²) in [5.41, 5.74) is 0.862. The van der Waals surface area contributed by atoms with Crippen LogP contribution in [-0.4, -0.2) is 16.9 Å². The average molecular weight is 177 g/mol. The fraction of sp³-hybridized carbons (Fsp3) is 0.364. The van der Waals surface area contributed by atoms with Crippen molar-refractivity contribution in [2.45, 2.75) is 26.3 Å². The van der Waals surface area contributed by atoms with E-state index in [9.17, 15) is 5.11 Å². The van der Waals surface area contributed by atoms with E-state index in [1.807, 2.05) is 26.8 Å². The van der Waals surface area contributed by atoms with Crippen molar-refractivity contribution in [1.82, 2.24) is 0 Å². The Morgan fingerprint density at radius 3 is 2.54 bits per heavy atom. The van der Waals surface area contributed by atoms with Crippen molar-refractivity contribution < 1.29 is 5.11 Å². The van der Waals surface area contributed by atoms with Crippen LogP contribution in [0.2, 0.25) is 0 Å². The van der Waals surface area contributed by atoms with E-state index in [0.717, 1.165) is 5.56 Å². The Morgan fingerprint density at radius 1 is 1.31 bits per heavy atom. The molecule has 0 atom stereocenters. The van der Waals surface area contributed by atoms with Gasteiger partial charge in [0.2, 0.25) is 0 Å². The molecule has 70 valence electrons. The number of rotatable bonds is 1. The maximum absolute atomic E-state index is 9.18. The molecule has 0 saturated carbocycles. The summed E-state index contributed by atoms with van der Waals surface area (Å²) in [6.45, 7) is 6.10. The molecule has 1 aromatic carbocycles. The molecule has 0 fully saturated rings. The van der Waals surface area contributed by atoms with Gasteiger partial charge in [0.1, 0.15) is 5.75 Å². The van der Waals surface area contributed by atoms with Crippen LogP contribution >= 0.6 is 0 Å². The summed E-state index contributed by atoms with van der Waals surface area (Å²) in [7, 11) is 0. The Bertz CT molecular complexity index is 310. The number of benzene rings is 1. The van der Waals surface area contributed by atoms with Crippen molar-refractivity contribution in [2.24, 2.45) is 4.99 Å². The third-order valence-electron chi connectivity index (χ3n) is 1.47. The molecule has 0 aliphatic rings. The molecule has 13 heavy (non-hydrogen) atoms. The second kappa shape index (κ2) is 3.60. The first-order valence-corrected chi connectivity index (χ1v) is 4.32. The van der Waals surface area contributed by atoms with Crippen LogP contribution in [0.25, 0.3) is 0 Å². The van der Waals surface area contributed by atoms with E-state index in [-0.39, 0.29) is 11.3 Å². The minimum atomic E-state index is -0.0640. The number of phenolic OH excluding ortho intramolecular Hbond substituents is 1. The largest absolute Gasteiger partial charge is 0.508 e. The van der Waals surface area contributed by atoms with E-state index in [1.54, 1.807) is 24.4 Å². The van der Waals surface area contributed by atoms with Gasteiger partial charge in [0.25, 0.3) is 0 Å². The zero-order valence-corrected chi connectivity index (χ0v) is 8.28. The van der Waals surface area contributed by atoms with Crippen LogP contribution in [0.3, 0.4) is 0 Å². The van der Waals surface area contributed by atoms with Crippen molar-refractivity contribution in [3.05, 3.63) is 29.8 Å². The van der Waals surface area contributed by atoms with Crippen molar-refractivity contribution >= 4 is 6.21 Å². The Hall–Kier alpha value is -1.31. The molecule has 0 amide bonds. The molecule has 2 heteroatoms. The van der Waals surface area contributed by atoms with E-state index in [2.05, 4.69) is 4.99 Å². The molecule has 0 aliphatic heterocycles. The van der Waals surface area contributed by atoms with E-state index in [4.69, 9.17) is 0 Å². The van der Waals surface area contributed by atoms with Crippen LogP contribution in [0.5, 0.6) is 5.75 Å². The second-order valence-corrected chi connectivity index (χ2v) is 4.02. The SMILES string of the molecule is CC(C)(C)N=Cc1cccc(O)c1. The Kier molecular flexibility index (Phi) is 2.71. The lowest BCUT2D eigenvalue weighted by Crippen LogP contribution is -2.09. The van der Waals surface area contributed by atoms with Gasteiger partial charge < -0.3 is 5.11 Å². The summed E-state index contributed by atoms with van der Waals surface area (Å²) in [5.74, 6) is 0.276. The molecule has 0 spiro atoms. The predicted molar refractivity (Wildman–Crippen MR) is 55.5 cm³/mol. The van der Waals surface area contributed by atoms with Crippen LogP contribution in [0.1, 0.15) is 26.3 Å². The first-order chi connectivity index (χ1) is 5.97. The van der Waals surface area contributed by atoms with Crippen molar-refractivity contribution in [1.29, 1.82) is 0 Å². The fourth-order valence-electron chi connectivity index (χ4n) is 0.873. The lowest BCUT2D eigenvalue weighted by atomic mass is 10.1. The lowest BCUT2D eigenvalue weighted by Gasteiger charge is -2.10. The molecule has 0 aliphatic carbocycles. The standard InChI is InChI=1S/C11H15NO/c1-11(2,3)12-8-9-5-4-6-10(13)7-9/h4-8,13H,1-3H3. The Morgan fingerprint density at radius 2 is 2.00 bits per heavy atom. The third kappa shape index (κ3) is 3.74. The number of hydrogen-bond donors (Lipinski definition) is 1. The first-order valence-electron chi connectivity index (χ1n) is 4.32. The molecule has 0 aromatic heterocycles. The first kappa shape index (κ1) is 9.78. The summed E-state index contributed by atoms with van der Waals surface area (Å²) in [5, 5.41) is 9.18. The fourth-order valence-corrected chi connectivity index (χ4v) is 0.873. The normalized spacial score (nSPS) is 12.2. The summed E-state index contributed by atoms with van der Waals surface area (Å²) in [6, 6.07) is 7.05. The molecule has 2 nitrogen and oxygen atoms in total. The number of nitrogens with zero attached hydrogens (tertiary/aromatic N) is 1. The topological polar surface area (TPSA) is 32.6 Å². The molecule has 0 saturated heterocycles. The van der Waals surface area contributed by atoms with Crippen LogP contribution in [0, 0.1) is 0 Å². The van der Waals surface area contributed by atoms with Gasteiger partial charge in [-0.2, -0.15) is 0 Å². The number of hydrogen-bond acceptors (Lipinski definition) is 2. The van der Waals surface area contributed by atoms with Gasteiger partial charge in [0.15, 0.2) is 0 Å². The highest BCUT2D eigenvalue weighted by atomic mass is 16.3. The third-order valence-corrected chi connectivity index (χ3v) is 1.47. The van der Waals surface area contributed by atoms with E-state index in [0.29, 0.717) is 0 Å². The van der Waals surface area contributed by atoms with Gasteiger partial charge in [-0.3, -0.25) is 4.99 Å². The van der Waals surface area contributed by atoms with Gasteiger partial charge in [-0.15, -0.1) is 0 Å². The Labute approximate surface area is 78.9 Å². The smallest absolute Gasteiger partial charge is 0.116 e. The highest BCUT2D eigenvalue weighted by Crippen LogP contribution is 2.11. The molecule has 1 aromatic rings.